The third-order valence-electron chi connectivity index (χ3n) is 4.58. The molecule has 27 heavy (non-hydrogen) atoms. The minimum atomic E-state index is -0.205. The number of benzene rings is 1. The first-order valence-corrected chi connectivity index (χ1v) is 9.45. The zero-order chi connectivity index (χ0) is 19.4. The Kier molecular flexibility index (Phi) is 5.75. The molecule has 1 amide bonds. The highest BCUT2D eigenvalue weighted by molar-refractivity contribution is 5.92. The summed E-state index contributed by atoms with van der Waals surface area (Å²) in [6, 6.07) is 9.79. The van der Waals surface area contributed by atoms with Crippen molar-refractivity contribution < 1.29 is 9.53 Å². The van der Waals surface area contributed by atoms with Gasteiger partial charge in [0.1, 0.15) is 5.69 Å². The van der Waals surface area contributed by atoms with Crippen molar-refractivity contribution in [3.63, 3.8) is 0 Å². The zero-order valence-corrected chi connectivity index (χ0v) is 16.5. The van der Waals surface area contributed by atoms with Crippen molar-refractivity contribution in [3.8, 4) is 0 Å². The van der Waals surface area contributed by atoms with Crippen molar-refractivity contribution in [1.29, 1.82) is 0 Å². The molecule has 6 nitrogen and oxygen atoms in total. The molecule has 1 saturated heterocycles. The molecular formula is C21H28N4O2. The van der Waals surface area contributed by atoms with Crippen LogP contribution in [0.25, 0.3) is 0 Å². The van der Waals surface area contributed by atoms with Crippen LogP contribution in [0, 0.1) is 6.92 Å². The Morgan fingerprint density at radius 3 is 2.74 bits per heavy atom. The van der Waals surface area contributed by atoms with E-state index in [1.165, 1.54) is 5.56 Å². The summed E-state index contributed by atoms with van der Waals surface area (Å²) in [6.07, 6.45) is 2.14. The number of nitrogens with one attached hydrogen (secondary N) is 2. The van der Waals surface area contributed by atoms with Crippen LogP contribution in [-0.2, 0) is 10.2 Å². The molecule has 1 aromatic heterocycles. The summed E-state index contributed by atoms with van der Waals surface area (Å²) < 4.78 is 5.55. The van der Waals surface area contributed by atoms with Gasteiger partial charge in [-0.25, -0.2) is 9.97 Å². The van der Waals surface area contributed by atoms with Gasteiger partial charge in [-0.15, -0.1) is 0 Å². The largest absolute Gasteiger partial charge is 0.376 e. The monoisotopic (exact) mass is 368 g/mol. The van der Waals surface area contributed by atoms with E-state index in [1.54, 1.807) is 6.07 Å². The van der Waals surface area contributed by atoms with Crippen LogP contribution in [0.4, 0.5) is 11.6 Å². The third kappa shape index (κ3) is 5.04. The molecule has 2 aromatic rings. The lowest BCUT2D eigenvalue weighted by Gasteiger charge is -2.23. The molecule has 1 atom stereocenters. The summed E-state index contributed by atoms with van der Waals surface area (Å²) in [6.45, 7) is 9.63. The molecule has 3 rings (SSSR count). The number of aryl methyl sites for hydroxylation is 1. The summed E-state index contributed by atoms with van der Waals surface area (Å²) >= 11 is 0. The van der Waals surface area contributed by atoms with Crippen molar-refractivity contribution in [1.82, 2.24) is 15.3 Å². The van der Waals surface area contributed by atoms with Crippen LogP contribution in [0.15, 0.2) is 30.3 Å². The van der Waals surface area contributed by atoms with Crippen LogP contribution in [0.2, 0.25) is 0 Å². The maximum Gasteiger partial charge on any atom is 0.270 e. The van der Waals surface area contributed by atoms with E-state index in [2.05, 4.69) is 47.4 Å². The minimum absolute atomic E-state index is 0.0189. The highest BCUT2D eigenvalue weighted by atomic mass is 16.5. The highest BCUT2D eigenvalue weighted by Gasteiger charge is 2.20. The molecule has 2 N–H and O–H groups in total. The number of ether oxygens (including phenoxy) is 1. The quantitative estimate of drug-likeness (QED) is 0.841. The van der Waals surface area contributed by atoms with Crippen molar-refractivity contribution >= 4 is 17.5 Å². The number of carbonyl (C=O) groups is 1. The van der Waals surface area contributed by atoms with E-state index in [1.807, 2.05) is 25.1 Å². The lowest BCUT2D eigenvalue weighted by Crippen LogP contribution is -2.32. The number of amides is 1. The fourth-order valence-electron chi connectivity index (χ4n) is 3.21. The van der Waals surface area contributed by atoms with E-state index < -0.39 is 0 Å². The number of aromatic nitrogens is 2. The Labute approximate surface area is 160 Å². The minimum Gasteiger partial charge on any atom is -0.376 e. The van der Waals surface area contributed by atoms with Crippen LogP contribution < -0.4 is 10.6 Å². The number of rotatable bonds is 5. The Bertz CT molecular complexity index is 808. The molecule has 2 heterocycles. The molecule has 1 aliphatic heterocycles. The Morgan fingerprint density at radius 1 is 1.26 bits per heavy atom. The number of para-hydroxylation sites is 1. The topological polar surface area (TPSA) is 76.1 Å². The molecule has 1 fully saturated rings. The Morgan fingerprint density at radius 2 is 2.04 bits per heavy atom. The summed E-state index contributed by atoms with van der Waals surface area (Å²) in [5.74, 6) is 0.220. The molecule has 144 valence electrons. The predicted octanol–water partition coefficient (Wildman–Crippen LogP) is 3.73. The standard InChI is InChI=1S/C21H28N4O2/c1-14-12-18(19(26)22-13-15-8-7-11-27-15)25-20(23-14)24-17-10-6-5-9-16(17)21(2,3)4/h5-6,9-10,12,15H,7-8,11,13H2,1-4H3,(H,22,26)(H,23,24,25). The third-order valence-corrected chi connectivity index (χ3v) is 4.58. The maximum atomic E-state index is 12.5. The van der Waals surface area contributed by atoms with Crippen molar-refractivity contribution in [2.75, 3.05) is 18.5 Å². The normalized spacial score (nSPS) is 17.0. The molecule has 0 spiro atoms. The van der Waals surface area contributed by atoms with Gasteiger partial charge < -0.3 is 15.4 Å². The average molecular weight is 368 g/mol. The highest BCUT2D eigenvalue weighted by Crippen LogP contribution is 2.30. The fraction of sp³-hybridized carbons (Fsp3) is 0.476. The maximum absolute atomic E-state index is 12.5. The number of anilines is 2. The predicted molar refractivity (Wildman–Crippen MR) is 107 cm³/mol. The van der Waals surface area contributed by atoms with Crippen LogP contribution >= 0.6 is 0 Å². The molecule has 1 aliphatic rings. The first-order valence-electron chi connectivity index (χ1n) is 9.45. The lowest BCUT2D eigenvalue weighted by molar-refractivity contribution is 0.0853. The second-order valence-electron chi connectivity index (χ2n) is 7.98. The van der Waals surface area contributed by atoms with Gasteiger partial charge in [-0.1, -0.05) is 39.0 Å². The number of hydrogen-bond acceptors (Lipinski definition) is 5. The van der Waals surface area contributed by atoms with Crippen LogP contribution in [0.3, 0.4) is 0 Å². The summed E-state index contributed by atoms with van der Waals surface area (Å²) in [4.78, 5) is 21.4. The number of hydrogen-bond donors (Lipinski definition) is 2. The molecule has 0 aliphatic carbocycles. The molecule has 0 saturated carbocycles. The van der Waals surface area contributed by atoms with Gasteiger partial charge in [0.05, 0.1) is 6.10 Å². The van der Waals surface area contributed by atoms with Gasteiger partial charge >= 0.3 is 0 Å². The Hall–Kier alpha value is -2.47. The van der Waals surface area contributed by atoms with Crippen LogP contribution in [-0.4, -0.2) is 35.1 Å². The van der Waals surface area contributed by atoms with E-state index in [0.717, 1.165) is 30.8 Å². The molecule has 0 radical (unpaired) electrons. The van der Waals surface area contributed by atoms with Crippen LogP contribution in [0.1, 0.15) is 55.4 Å². The fourth-order valence-corrected chi connectivity index (χ4v) is 3.21. The molecule has 1 aromatic carbocycles. The van der Waals surface area contributed by atoms with Crippen molar-refractivity contribution in [3.05, 3.63) is 47.3 Å². The van der Waals surface area contributed by atoms with Gasteiger partial charge in [-0.2, -0.15) is 0 Å². The van der Waals surface area contributed by atoms with Gasteiger partial charge in [0.15, 0.2) is 0 Å². The zero-order valence-electron chi connectivity index (χ0n) is 16.5. The van der Waals surface area contributed by atoms with Crippen molar-refractivity contribution in [2.24, 2.45) is 0 Å². The SMILES string of the molecule is Cc1cc(C(=O)NCC2CCCO2)nc(Nc2ccccc2C(C)(C)C)n1. The Balaban J connectivity index is 1.77. The van der Waals surface area contributed by atoms with Gasteiger partial charge in [0.25, 0.3) is 5.91 Å². The van der Waals surface area contributed by atoms with Crippen molar-refractivity contribution in [2.45, 2.75) is 52.1 Å². The van der Waals surface area contributed by atoms with E-state index in [0.29, 0.717) is 18.2 Å². The van der Waals surface area contributed by atoms with E-state index in [4.69, 9.17) is 4.74 Å². The van der Waals surface area contributed by atoms with Gasteiger partial charge in [0, 0.05) is 24.5 Å². The second kappa shape index (κ2) is 8.05. The average Bonchev–Trinajstić information content (AvgIpc) is 3.12. The first-order chi connectivity index (χ1) is 12.8. The van der Waals surface area contributed by atoms with Crippen LogP contribution in [0.5, 0.6) is 0 Å². The van der Waals surface area contributed by atoms with E-state index in [-0.39, 0.29) is 17.4 Å². The summed E-state index contributed by atoms with van der Waals surface area (Å²) in [7, 11) is 0. The molecule has 6 heteroatoms. The van der Waals surface area contributed by atoms with E-state index >= 15 is 0 Å². The smallest absolute Gasteiger partial charge is 0.270 e. The summed E-state index contributed by atoms with van der Waals surface area (Å²) in [5.41, 5.74) is 3.19. The number of nitrogens with zero attached hydrogens (tertiary/aromatic N) is 2. The van der Waals surface area contributed by atoms with Gasteiger partial charge in [0.2, 0.25) is 5.95 Å². The molecule has 1 unspecified atom stereocenters. The number of carbonyl (C=O) groups excluding carboxylic acids is 1. The first kappa shape index (κ1) is 19.3. The van der Waals surface area contributed by atoms with Gasteiger partial charge in [-0.3, -0.25) is 4.79 Å². The van der Waals surface area contributed by atoms with E-state index in [9.17, 15) is 4.79 Å². The summed E-state index contributed by atoms with van der Waals surface area (Å²) in [5, 5.41) is 6.20. The lowest BCUT2D eigenvalue weighted by atomic mass is 9.86. The molecular weight excluding hydrogens is 340 g/mol. The second-order valence-corrected chi connectivity index (χ2v) is 7.98. The molecule has 0 bridgehead atoms. The van der Waals surface area contributed by atoms with Gasteiger partial charge in [-0.05, 0) is 42.9 Å².